The molecule has 0 saturated heterocycles. The van der Waals surface area contributed by atoms with Crippen LogP contribution in [-0.4, -0.2) is 33.4 Å². The SMILES string of the molecule is O=C(O)CCCNC(=O)Nc1cnn(Cc2ccccc2)c1. The van der Waals surface area contributed by atoms with E-state index in [1.807, 2.05) is 30.3 Å². The largest absolute Gasteiger partial charge is 0.481 e. The van der Waals surface area contributed by atoms with Gasteiger partial charge in [0.1, 0.15) is 0 Å². The lowest BCUT2D eigenvalue weighted by Crippen LogP contribution is -2.29. The molecular formula is C15H18N4O3. The third-order valence-electron chi connectivity index (χ3n) is 2.93. The van der Waals surface area contributed by atoms with Crippen molar-refractivity contribution in [1.82, 2.24) is 15.1 Å². The highest BCUT2D eigenvalue weighted by atomic mass is 16.4. The van der Waals surface area contributed by atoms with Crippen molar-refractivity contribution in [2.24, 2.45) is 0 Å². The fourth-order valence-electron chi connectivity index (χ4n) is 1.90. The highest BCUT2D eigenvalue weighted by Gasteiger charge is 2.05. The molecule has 0 fully saturated rings. The minimum atomic E-state index is -0.871. The van der Waals surface area contributed by atoms with Gasteiger partial charge in [0.15, 0.2) is 0 Å². The Hall–Kier alpha value is -2.83. The Kier molecular flexibility index (Phi) is 5.53. The van der Waals surface area contributed by atoms with E-state index in [4.69, 9.17) is 5.11 Å². The van der Waals surface area contributed by atoms with Crippen LogP contribution in [0.1, 0.15) is 18.4 Å². The molecular weight excluding hydrogens is 284 g/mol. The number of carboxylic acid groups (broad SMARTS) is 1. The normalized spacial score (nSPS) is 10.2. The summed E-state index contributed by atoms with van der Waals surface area (Å²) < 4.78 is 1.73. The number of carboxylic acids is 1. The average Bonchev–Trinajstić information content (AvgIpc) is 2.91. The van der Waals surface area contributed by atoms with Gasteiger partial charge in [-0.25, -0.2) is 4.79 Å². The number of aliphatic carboxylic acids is 1. The van der Waals surface area contributed by atoms with Gasteiger partial charge < -0.3 is 15.7 Å². The van der Waals surface area contributed by atoms with E-state index >= 15 is 0 Å². The predicted molar refractivity (Wildman–Crippen MR) is 81.7 cm³/mol. The number of nitrogens with zero attached hydrogens (tertiary/aromatic N) is 2. The minimum absolute atomic E-state index is 0.0370. The molecule has 2 aromatic rings. The van der Waals surface area contributed by atoms with E-state index in [9.17, 15) is 9.59 Å². The molecule has 0 atom stereocenters. The van der Waals surface area contributed by atoms with Crippen molar-refractivity contribution in [2.75, 3.05) is 11.9 Å². The summed E-state index contributed by atoms with van der Waals surface area (Å²) in [6.07, 6.45) is 3.74. The van der Waals surface area contributed by atoms with Crippen LogP contribution in [0.4, 0.5) is 10.5 Å². The maximum absolute atomic E-state index is 11.6. The van der Waals surface area contributed by atoms with Crippen molar-refractivity contribution < 1.29 is 14.7 Å². The monoisotopic (exact) mass is 302 g/mol. The van der Waals surface area contributed by atoms with Gasteiger partial charge in [0.05, 0.1) is 18.4 Å². The Morgan fingerprint density at radius 2 is 2.00 bits per heavy atom. The molecule has 7 heteroatoms. The zero-order valence-electron chi connectivity index (χ0n) is 12.0. The van der Waals surface area contributed by atoms with Gasteiger partial charge in [0, 0.05) is 19.2 Å². The van der Waals surface area contributed by atoms with Crippen molar-refractivity contribution in [3.8, 4) is 0 Å². The van der Waals surface area contributed by atoms with Gasteiger partial charge in [0.25, 0.3) is 0 Å². The number of hydrogen-bond acceptors (Lipinski definition) is 3. The summed E-state index contributed by atoms with van der Waals surface area (Å²) in [6, 6.07) is 9.51. The number of carbonyl (C=O) groups excluding carboxylic acids is 1. The third-order valence-corrected chi connectivity index (χ3v) is 2.93. The molecule has 2 rings (SSSR count). The molecule has 0 saturated carbocycles. The molecule has 7 nitrogen and oxygen atoms in total. The Bertz CT molecular complexity index is 625. The first-order valence-electron chi connectivity index (χ1n) is 6.96. The van der Waals surface area contributed by atoms with Crippen LogP contribution in [0.3, 0.4) is 0 Å². The van der Waals surface area contributed by atoms with Crippen LogP contribution in [0.2, 0.25) is 0 Å². The third kappa shape index (κ3) is 5.28. The molecule has 1 heterocycles. The molecule has 116 valence electrons. The number of carbonyl (C=O) groups is 2. The predicted octanol–water partition coefficient (Wildman–Crippen LogP) is 1.92. The van der Waals surface area contributed by atoms with E-state index < -0.39 is 5.97 Å². The van der Waals surface area contributed by atoms with Crippen molar-refractivity contribution in [3.05, 3.63) is 48.3 Å². The van der Waals surface area contributed by atoms with Crippen molar-refractivity contribution >= 4 is 17.7 Å². The van der Waals surface area contributed by atoms with Gasteiger partial charge >= 0.3 is 12.0 Å². The van der Waals surface area contributed by atoms with Crippen molar-refractivity contribution in [1.29, 1.82) is 0 Å². The number of amides is 2. The van der Waals surface area contributed by atoms with Gasteiger partial charge in [-0.3, -0.25) is 9.48 Å². The maximum Gasteiger partial charge on any atom is 0.319 e. The van der Waals surface area contributed by atoms with Crippen molar-refractivity contribution in [2.45, 2.75) is 19.4 Å². The van der Waals surface area contributed by atoms with Crippen LogP contribution >= 0.6 is 0 Å². The molecule has 0 unspecified atom stereocenters. The number of rotatable bonds is 7. The lowest BCUT2D eigenvalue weighted by Gasteiger charge is -2.04. The summed E-state index contributed by atoms with van der Waals surface area (Å²) in [6.45, 7) is 0.943. The Morgan fingerprint density at radius 1 is 1.23 bits per heavy atom. The lowest BCUT2D eigenvalue weighted by atomic mass is 10.2. The summed E-state index contributed by atoms with van der Waals surface area (Å²) in [4.78, 5) is 22.0. The van der Waals surface area contributed by atoms with Gasteiger partial charge in [0.2, 0.25) is 0 Å². The summed E-state index contributed by atoms with van der Waals surface area (Å²) in [7, 11) is 0. The molecule has 0 aliphatic heterocycles. The Morgan fingerprint density at radius 3 is 2.73 bits per heavy atom. The Balaban J connectivity index is 1.77. The van der Waals surface area contributed by atoms with Gasteiger partial charge in [-0.05, 0) is 12.0 Å². The minimum Gasteiger partial charge on any atom is -0.481 e. The van der Waals surface area contributed by atoms with Gasteiger partial charge in [-0.2, -0.15) is 5.10 Å². The topological polar surface area (TPSA) is 96.2 Å². The van der Waals surface area contributed by atoms with Gasteiger partial charge in [-0.15, -0.1) is 0 Å². The Labute approximate surface area is 128 Å². The fraction of sp³-hybridized carbons (Fsp3) is 0.267. The van der Waals surface area contributed by atoms with Crippen LogP contribution in [0, 0.1) is 0 Å². The lowest BCUT2D eigenvalue weighted by molar-refractivity contribution is -0.137. The second kappa shape index (κ2) is 7.82. The van der Waals surface area contributed by atoms with E-state index in [0.29, 0.717) is 25.2 Å². The summed E-state index contributed by atoms with van der Waals surface area (Å²) >= 11 is 0. The molecule has 0 aliphatic carbocycles. The quantitative estimate of drug-likeness (QED) is 0.681. The molecule has 1 aromatic carbocycles. The fourth-order valence-corrected chi connectivity index (χ4v) is 1.90. The highest BCUT2D eigenvalue weighted by Crippen LogP contribution is 2.07. The zero-order chi connectivity index (χ0) is 15.8. The van der Waals surface area contributed by atoms with Crippen LogP contribution < -0.4 is 10.6 Å². The average molecular weight is 302 g/mol. The molecule has 0 radical (unpaired) electrons. The van der Waals surface area contributed by atoms with E-state index in [2.05, 4.69) is 15.7 Å². The number of aromatic nitrogens is 2. The van der Waals surface area contributed by atoms with E-state index in [1.54, 1.807) is 17.1 Å². The van der Waals surface area contributed by atoms with Gasteiger partial charge in [-0.1, -0.05) is 30.3 Å². The number of hydrogen-bond donors (Lipinski definition) is 3. The maximum atomic E-state index is 11.6. The number of urea groups is 1. The first kappa shape index (κ1) is 15.6. The number of benzene rings is 1. The van der Waals surface area contributed by atoms with Crippen molar-refractivity contribution in [3.63, 3.8) is 0 Å². The summed E-state index contributed by atoms with van der Waals surface area (Å²) in [5.41, 5.74) is 1.71. The van der Waals surface area contributed by atoms with Crippen LogP contribution in [-0.2, 0) is 11.3 Å². The molecule has 3 N–H and O–H groups in total. The first-order valence-corrected chi connectivity index (χ1v) is 6.96. The smallest absolute Gasteiger partial charge is 0.319 e. The second-order valence-electron chi connectivity index (χ2n) is 4.79. The summed E-state index contributed by atoms with van der Waals surface area (Å²) in [5.74, 6) is -0.871. The van der Waals surface area contributed by atoms with Crippen LogP contribution in [0.15, 0.2) is 42.7 Å². The van der Waals surface area contributed by atoms with E-state index in [0.717, 1.165) is 5.56 Å². The molecule has 0 aliphatic rings. The molecule has 0 bridgehead atoms. The number of anilines is 1. The zero-order valence-corrected chi connectivity index (χ0v) is 12.0. The molecule has 2 amide bonds. The van der Waals surface area contributed by atoms with E-state index in [-0.39, 0.29) is 12.5 Å². The first-order chi connectivity index (χ1) is 10.6. The highest BCUT2D eigenvalue weighted by molar-refractivity contribution is 5.88. The van der Waals surface area contributed by atoms with Crippen LogP contribution in [0.5, 0.6) is 0 Å². The standard InChI is InChI=1S/C15H18N4O3/c20-14(21)7-4-8-16-15(22)18-13-9-17-19(11-13)10-12-5-2-1-3-6-12/h1-3,5-6,9,11H,4,7-8,10H2,(H,20,21)(H2,16,18,22). The molecule has 22 heavy (non-hydrogen) atoms. The van der Waals surface area contributed by atoms with Crippen LogP contribution in [0.25, 0.3) is 0 Å². The van der Waals surface area contributed by atoms with E-state index in [1.165, 1.54) is 0 Å². The second-order valence-corrected chi connectivity index (χ2v) is 4.79. The summed E-state index contributed by atoms with van der Waals surface area (Å²) in [5, 5.41) is 17.9. The molecule has 1 aromatic heterocycles. The number of nitrogens with one attached hydrogen (secondary N) is 2. The molecule has 0 spiro atoms.